The van der Waals surface area contributed by atoms with E-state index in [2.05, 4.69) is 0 Å². The lowest BCUT2D eigenvalue weighted by Gasteiger charge is -2.26. The number of halogens is 1. The molecule has 0 aliphatic rings. The fraction of sp³-hybridized carbons (Fsp3) is 0.294. The molecule has 0 atom stereocenters. The highest BCUT2D eigenvalue weighted by atomic mass is 35.5. The monoisotopic (exact) mass is 417 g/mol. The molecular weight excluding hydrogens is 398 g/mol. The van der Waals surface area contributed by atoms with E-state index >= 15 is 0 Å². The maximum atomic E-state index is 13.0. The molecule has 0 radical (unpaired) electrons. The van der Waals surface area contributed by atoms with E-state index < -0.39 is 20.1 Å². The largest absolute Gasteiger partial charge is 0.383 e. The first-order valence-corrected chi connectivity index (χ1v) is 11.4. The average molecular weight is 418 g/mol. The SMILES string of the molecule is CC(C)N(Cc1cccc(OS(C)(=O)=O)c1)S(=O)(=O)c1ccc(Cl)cc1. The summed E-state index contributed by atoms with van der Waals surface area (Å²) >= 11 is 5.83. The van der Waals surface area contributed by atoms with Gasteiger partial charge in [-0.25, -0.2) is 8.42 Å². The molecule has 2 aromatic carbocycles. The number of nitrogens with zero attached hydrogens (tertiary/aromatic N) is 1. The minimum absolute atomic E-state index is 0.0730. The van der Waals surface area contributed by atoms with E-state index in [1.54, 1.807) is 26.0 Å². The Labute approximate surface area is 159 Å². The third-order valence-electron chi connectivity index (χ3n) is 3.48. The van der Waals surface area contributed by atoms with Gasteiger partial charge in [0.2, 0.25) is 10.0 Å². The van der Waals surface area contributed by atoms with Gasteiger partial charge in [-0.2, -0.15) is 12.7 Å². The molecule has 0 amide bonds. The summed E-state index contributed by atoms with van der Waals surface area (Å²) in [5.41, 5.74) is 0.609. The van der Waals surface area contributed by atoms with Crippen LogP contribution in [0.5, 0.6) is 5.75 Å². The molecule has 0 fully saturated rings. The van der Waals surface area contributed by atoms with Crippen LogP contribution < -0.4 is 4.18 Å². The van der Waals surface area contributed by atoms with Crippen molar-refractivity contribution in [1.82, 2.24) is 4.31 Å². The van der Waals surface area contributed by atoms with Gasteiger partial charge in [0.25, 0.3) is 0 Å². The van der Waals surface area contributed by atoms with Crippen LogP contribution >= 0.6 is 11.6 Å². The molecule has 0 saturated heterocycles. The summed E-state index contributed by atoms with van der Waals surface area (Å²) in [7, 11) is -7.41. The van der Waals surface area contributed by atoms with Crippen molar-refractivity contribution in [3.05, 3.63) is 59.1 Å². The summed E-state index contributed by atoms with van der Waals surface area (Å²) in [4.78, 5) is 0.138. The molecule has 6 nitrogen and oxygen atoms in total. The van der Waals surface area contributed by atoms with Gasteiger partial charge in [-0.05, 0) is 55.8 Å². The van der Waals surface area contributed by atoms with E-state index in [9.17, 15) is 16.8 Å². The van der Waals surface area contributed by atoms with Gasteiger partial charge in [0.05, 0.1) is 11.2 Å². The van der Waals surface area contributed by atoms with Crippen molar-refractivity contribution in [2.45, 2.75) is 31.3 Å². The third kappa shape index (κ3) is 5.44. The van der Waals surface area contributed by atoms with Crippen LogP contribution in [0.4, 0.5) is 0 Å². The lowest BCUT2D eigenvalue weighted by Crippen LogP contribution is -2.36. The van der Waals surface area contributed by atoms with Crippen LogP contribution in [-0.4, -0.2) is 33.4 Å². The quantitative estimate of drug-likeness (QED) is 0.646. The van der Waals surface area contributed by atoms with Crippen LogP contribution in [0.25, 0.3) is 0 Å². The number of rotatable bonds is 7. The van der Waals surface area contributed by atoms with Gasteiger partial charge in [0, 0.05) is 17.6 Å². The molecule has 0 saturated carbocycles. The number of hydrogen-bond donors (Lipinski definition) is 0. The molecule has 0 N–H and O–H groups in total. The van der Waals surface area contributed by atoms with E-state index in [4.69, 9.17) is 15.8 Å². The molecule has 0 spiro atoms. The zero-order chi connectivity index (χ0) is 19.5. The second kappa shape index (κ2) is 7.96. The Morgan fingerprint density at radius 2 is 1.65 bits per heavy atom. The van der Waals surface area contributed by atoms with Crippen molar-refractivity contribution in [3.63, 3.8) is 0 Å². The molecule has 0 bridgehead atoms. The highest BCUT2D eigenvalue weighted by molar-refractivity contribution is 7.89. The molecule has 0 aromatic heterocycles. The zero-order valence-corrected chi connectivity index (χ0v) is 17.0. The Morgan fingerprint density at radius 3 is 2.19 bits per heavy atom. The maximum Gasteiger partial charge on any atom is 0.306 e. The van der Waals surface area contributed by atoms with Gasteiger partial charge in [-0.15, -0.1) is 0 Å². The maximum absolute atomic E-state index is 13.0. The minimum atomic E-state index is -3.75. The number of sulfonamides is 1. The molecule has 26 heavy (non-hydrogen) atoms. The zero-order valence-electron chi connectivity index (χ0n) is 14.6. The lowest BCUT2D eigenvalue weighted by molar-refractivity contribution is 0.347. The molecule has 0 aliphatic heterocycles. The molecular formula is C17H20ClNO5S2. The molecule has 0 aliphatic carbocycles. The number of hydrogen-bond acceptors (Lipinski definition) is 5. The molecule has 2 rings (SSSR count). The second-order valence-electron chi connectivity index (χ2n) is 6.03. The summed E-state index contributed by atoms with van der Waals surface area (Å²) in [6.45, 7) is 3.61. The Bertz CT molecular complexity index is 970. The third-order valence-corrected chi connectivity index (χ3v) is 6.26. The van der Waals surface area contributed by atoms with Crippen molar-refractivity contribution in [3.8, 4) is 5.75 Å². The first-order chi connectivity index (χ1) is 12.0. The van der Waals surface area contributed by atoms with E-state index in [1.807, 2.05) is 0 Å². The van der Waals surface area contributed by atoms with Gasteiger partial charge in [-0.1, -0.05) is 23.7 Å². The second-order valence-corrected chi connectivity index (χ2v) is 9.93. The highest BCUT2D eigenvalue weighted by Gasteiger charge is 2.27. The van der Waals surface area contributed by atoms with Crippen molar-refractivity contribution in [1.29, 1.82) is 0 Å². The van der Waals surface area contributed by atoms with E-state index in [1.165, 1.54) is 40.7 Å². The first-order valence-electron chi connectivity index (χ1n) is 7.75. The molecule has 0 unspecified atom stereocenters. The van der Waals surface area contributed by atoms with E-state index in [0.717, 1.165) is 6.26 Å². The minimum Gasteiger partial charge on any atom is -0.383 e. The van der Waals surface area contributed by atoms with Crippen LogP contribution in [-0.2, 0) is 26.7 Å². The predicted octanol–water partition coefficient (Wildman–Crippen LogP) is 3.28. The Morgan fingerprint density at radius 1 is 1.04 bits per heavy atom. The Kier molecular flexibility index (Phi) is 6.33. The van der Waals surface area contributed by atoms with Crippen molar-refractivity contribution in [2.75, 3.05) is 6.26 Å². The lowest BCUT2D eigenvalue weighted by atomic mass is 10.2. The summed E-state index contributed by atoms with van der Waals surface area (Å²) in [6, 6.07) is 12.0. The van der Waals surface area contributed by atoms with Gasteiger partial charge >= 0.3 is 10.1 Å². The van der Waals surface area contributed by atoms with Crippen LogP contribution in [0, 0.1) is 0 Å². The average Bonchev–Trinajstić information content (AvgIpc) is 2.51. The van der Waals surface area contributed by atoms with Crippen molar-refractivity contribution >= 4 is 31.7 Å². The van der Waals surface area contributed by atoms with Gasteiger partial charge in [0.1, 0.15) is 5.75 Å². The molecule has 142 valence electrons. The number of benzene rings is 2. The van der Waals surface area contributed by atoms with Gasteiger partial charge in [-0.3, -0.25) is 0 Å². The van der Waals surface area contributed by atoms with Gasteiger partial charge in [0.15, 0.2) is 0 Å². The van der Waals surface area contributed by atoms with Crippen LogP contribution in [0.1, 0.15) is 19.4 Å². The van der Waals surface area contributed by atoms with E-state index in [-0.39, 0.29) is 23.2 Å². The molecule has 2 aromatic rings. The normalized spacial score (nSPS) is 12.5. The summed E-state index contributed by atoms with van der Waals surface area (Å²) in [5.74, 6) is 0.137. The topological polar surface area (TPSA) is 80.8 Å². The van der Waals surface area contributed by atoms with Crippen molar-refractivity contribution < 1.29 is 21.0 Å². The van der Waals surface area contributed by atoms with Crippen LogP contribution in [0.15, 0.2) is 53.4 Å². The van der Waals surface area contributed by atoms with Crippen LogP contribution in [0.2, 0.25) is 5.02 Å². The predicted molar refractivity (Wildman–Crippen MR) is 101 cm³/mol. The Hall–Kier alpha value is -1.61. The van der Waals surface area contributed by atoms with Crippen molar-refractivity contribution in [2.24, 2.45) is 0 Å². The van der Waals surface area contributed by atoms with Gasteiger partial charge < -0.3 is 4.18 Å². The highest BCUT2D eigenvalue weighted by Crippen LogP contribution is 2.24. The fourth-order valence-corrected chi connectivity index (χ4v) is 4.54. The Balaban J connectivity index is 2.34. The summed E-state index contributed by atoms with van der Waals surface area (Å²) in [6.07, 6.45) is 0.949. The molecule has 0 heterocycles. The van der Waals surface area contributed by atoms with E-state index in [0.29, 0.717) is 10.6 Å². The fourth-order valence-electron chi connectivity index (χ4n) is 2.34. The smallest absolute Gasteiger partial charge is 0.306 e. The molecule has 9 heteroatoms. The van der Waals surface area contributed by atoms with Crippen LogP contribution in [0.3, 0.4) is 0 Å². The standard InChI is InChI=1S/C17H20ClNO5S2/c1-13(2)19(26(22,23)17-9-7-15(18)8-10-17)12-14-5-4-6-16(11-14)24-25(3,20)21/h4-11,13H,12H2,1-3H3. The first kappa shape index (κ1) is 20.7. The summed E-state index contributed by atoms with van der Waals surface area (Å²) in [5, 5.41) is 0.450. The summed E-state index contributed by atoms with van der Waals surface area (Å²) < 4.78 is 54.7.